The monoisotopic (exact) mass is 425 g/mol. The van der Waals surface area contributed by atoms with Gasteiger partial charge >= 0.3 is 12.3 Å². The van der Waals surface area contributed by atoms with E-state index in [2.05, 4.69) is 14.5 Å². The van der Waals surface area contributed by atoms with E-state index in [0.717, 1.165) is 6.07 Å². The van der Waals surface area contributed by atoms with Crippen molar-refractivity contribution in [2.24, 2.45) is 0 Å². The number of alkyl halides is 5. The van der Waals surface area contributed by atoms with Gasteiger partial charge in [0.15, 0.2) is 0 Å². The fourth-order valence-corrected chi connectivity index (χ4v) is 2.01. The molecule has 21 heavy (non-hydrogen) atoms. The van der Waals surface area contributed by atoms with Gasteiger partial charge in [-0.2, -0.15) is 0 Å². The molecule has 10 heteroatoms. The standard InChI is InChI=1S/C11H9F5INO3/c1-2-20-8(19)3-5-6(21-11(14,15)16)4-7(17)18-9(5)10(12)13/h4,10H,2-3H2,1H3. The second kappa shape index (κ2) is 7.18. The summed E-state index contributed by atoms with van der Waals surface area (Å²) in [4.78, 5) is 14.8. The predicted molar refractivity (Wildman–Crippen MR) is 68.9 cm³/mol. The maximum absolute atomic E-state index is 12.9. The highest BCUT2D eigenvalue weighted by atomic mass is 127. The number of hydrogen-bond donors (Lipinski definition) is 0. The molecule has 0 bridgehead atoms. The summed E-state index contributed by atoms with van der Waals surface area (Å²) in [5.41, 5.74) is -1.57. The molecule has 118 valence electrons. The molecule has 0 spiro atoms. The minimum Gasteiger partial charge on any atom is -0.466 e. The number of carbonyl (C=O) groups is 1. The molecule has 0 aromatic carbocycles. The molecule has 0 amide bonds. The molecule has 0 fully saturated rings. The van der Waals surface area contributed by atoms with Crippen LogP contribution in [-0.4, -0.2) is 23.9 Å². The van der Waals surface area contributed by atoms with E-state index in [9.17, 15) is 26.7 Å². The van der Waals surface area contributed by atoms with Crippen LogP contribution in [0.4, 0.5) is 22.0 Å². The molecular formula is C11H9F5INO3. The van der Waals surface area contributed by atoms with Crippen molar-refractivity contribution in [1.29, 1.82) is 0 Å². The summed E-state index contributed by atoms with van der Waals surface area (Å²) in [5, 5.41) is 0. The second-order valence-corrected chi connectivity index (χ2v) is 4.74. The summed E-state index contributed by atoms with van der Waals surface area (Å²) in [7, 11) is 0. The minimum atomic E-state index is -5.08. The first-order chi connectivity index (χ1) is 9.64. The number of halogens is 6. The Hall–Kier alpha value is -1.20. The van der Waals surface area contributed by atoms with Crippen LogP contribution in [0.5, 0.6) is 5.75 Å². The summed E-state index contributed by atoms with van der Waals surface area (Å²) >= 11 is 1.47. The first kappa shape index (κ1) is 17.9. The van der Waals surface area contributed by atoms with Gasteiger partial charge in [-0.15, -0.1) is 13.2 Å². The topological polar surface area (TPSA) is 48.4 Å². The van der Waals surface area contributed by atoms with Crippen LogP contribution >= 0.6 is 22.6 Å². The first-order valence-corrected chi connectivity index (χ1v) is 6.60. The van der Waals surface area contributed by atoms with Gasteiger partial charge in [-0.25, -0.2) is 13.8 Å². The summed E-state index contributed by atoms with van der Waals surface area (Å²) in [6.07, 6.45) is -9.02. The van der Waals surface area contributed by atoms with E-state index in [1.807, 2.05) is 0 Å². The van der Waals surface area contributed by atoms with Crippen LogP contribution in [-0.2, 0) is 16.0 Å². The third-order valence-electron chi connectivity index (χ3n) is 2.14. The molecule has 0 aliphatic heterocycles. The van der Waals surface area contributed by atoms with E-state index in [4.69, 9.17) is 0 Å². The van der Waals surface area contributed by atoms with E-state index >= 15 is 0 Å². The third kappa shape index (κ3) is 5.59. The highest BCUT2D eigenvalue weighted by Crippen LogP contribution is 2.33. The first-order valence-electron chi connectivity index (χ1n) is 5.52. The average Bonchev–Trinajstić information content (AvgIpc) is 2.30. The molecule has 0 unspecified atom stereocenters. The van der Waals surface area contributed by atoms with Crippen LogP contribution in [0, 0.1) is 3.70 Å². The Morgan fingerprint density at radius 1 is 1.43 bits per heavy atom. The number of esters is 1. The molecule has 0 aliphatic carbocycles. The van der Waals surface area contributed by atoms with E-state index in [-0.39, 0.29) is 10.3 Å². The number of carbonyl (C=O) groups excluding carboxylic acids is 1. The van der Waals surface area contributed by atoms with Crippen molar-refractivity contribution >= 4 is 28.6 Å². The van der Waals surface area contributed by atoms with Gasteiger partial charge in [0.1, 0.15) is 15.1 Å². The quantitative estimate of drug-likeness (QED) is 0.313. The van der Waals surface area contributed by atoms with Gasteiger partial charge in [0, 0.05) is 11.6 Å². The van der Waals surface area contributed by atoms with Crippen molar-refractivity contribution in [2.45, 2.75) is 26.1 Å². The summed E-state index contributed by atoms with van der Waals surface area (Å²) in [5.74, 6) is -1.83. The van der Waals surface area contributed by atoms with Crippen LogP contribution in [0.15, 0.2) is 6.07 Å². The zero-order valence-electron chi connectivity index (χ0n) is 10.5. The van der Waals surface area contributed by atoms with Gasteiger partial charge in [0.25, 0.3) is 6.43 Å². The number of pyridine rings is 1. The van der Waals surface area contributed by atoms with Crippen LogP contribution in [0.1, 0.15) is 24.6 Å². The lowest BCUT2D eigenvalue weighted by Gasteiger charge is -2.16. The molecule has 0 aliphatic rings. The van der Waals surface area contributed by atoms with E-state index in [1.54, 1.807) is 0 Å². The summed E-state index contributed by atoms with van der Waals surface area (Å²) in [6.45, 7) is 1.45. The van der Waals surface area contributed by atoms with Crippen LogP contribution in [0.2, 0.25) is 0 Å². The Balaban J connectivity index is 3.29. The fraction of sp³-hybridized carbons (Fsp3) is 0.455. The predicted octanol–water partition coefficient (Wildman–Crippen LogP) is 3.63. The Kier molecular flexibility index (Phi) is 6.10. The highest BCUT2D eigenvalue weighted by molar-refractivity contribution is 14.1. The lowest BCUT2D eigenvalue weighted by molar-refractivity contribution is -0.275. The Bertz CT molecular complexity index is 521. The Morgan fingerprint density at radius 2 is 2.05 bits per heavy atom. The van der Waals surface area contributed by atoms with E-state index in [1.165, 1.54) is 29.5 Å². The molecule has 1 heterocycles. The summed E-state index contributed by atoms with van der Waals surface area (Å²) < 4.78 is 70.9. The molecular weight excluding hydrogens is 416 g/mol. The molecule has 1 aromatic rings. The molecule has 0 saturated heterocycles. The highest BCUT2D eigenvalue weighted by Gasteiger charge is 2.34. The van der Waals surface area contributed by atoms with Crippen molar-refractivity contribution in [1.82, 2.24) is 4.98 Å². The van der Waals surface area contributed by atoms with Crippen molar-refractivity contribution in [3.63, 3.8) is 0 Å². The maximum atomic E-state index is 12.9. The molecule has 1 aromatic heterocycles. The van der Waals surface area contributed by atoms with Crippen LogP contribution < -0.4 is 4.74 Å². The summed E-state index contributed by atoms with van der Waals surface area (Å²) in [6, 6.07) is 0.828. The largest absolute Gasteiger partial charge is 0.573 e. The lowest BCUT2D eigenvalue weighted by Crippen LogP contribution is -2.20. The van der Waals surface area contributed by atoms with Crippen LogP contribution in [0.25, 0.3) is 0 Å². The van der Waals surface area contributed by atoms with Crippen LogP contribution in [0.3, 0.4) is 0 Å². The SMILES string of the molecule is CCOC(=O)Cc1c(OC(F)(F)F)cc(I)nc1C(F)F. The second-order valence-electron chi connectivity index (χ2n) is 3.64. The van der Waals surface area contributed by atoms with Crippen molar-refractivity contribution in [3.8, 4) is 5.75 Å². The van der Waals surface area contributed by atoms with Gasteiger partial charge < -0.3 is 9.47 Å². The van der Waals surface area contributed by atoms with E-state index < -0.39 is 42.2 Å². The van der Waals surface area contributed by atoms with Gasteiger partial charge in [-0.1, -0.05) is 0 Å². The van der Waals surface area contributed by atoms with Gasteiger partial charge in [-0.3, -0.25) is 4.79 Å². The van der Waals surface area contributed by atoms with Gasteiger partial charge in [0.05, 0.1) is 13.0 Å². The number of hydrogen-bond acceptors (Lipinski definition) is 4. The number of ether oxygens (including phenoxy) is 2. The van der Waals surface area contributed by atoms with Crippen molar-refractivity contribution < 1.29 is 36.2 Å². The van der Waals surface area contributed by atoms with Crippen molar-refractivity contribution in [2.75, 3.05) is 6.61 Å². The molecule has 0 radical (unpaired) electrons. The lowest BCUT2D eigenvalue weighted by atomic mass is 10.1. The molecule has 0 N–H and O–H groups in total. The Labute approximate surface area is 129 Å². The molecule has 1 rings (SSSR count). The number of aromatic nitrogens is 1. The smallest absolute Gasteiger partial charge is 0.466 e. The average molecular weight is 425 g/mol. The third-order valence-corrected chi connectivity index (χ3v) is 2.70. The van der Waals surface area contributed by atoms with Crippen molar-refractivity contribution in [3.05, 3.63) is 21.0 Å². The zero-order chi connectivity index (χ0) is 16.2. The van der Waals surface area contributed by atoms with Gasteiger partial charge in [0.2, 0.25) is 0 Å². The van der Waals surface area contributed by atoms with E-state index in [0.29, 0.717) is 0 Å². The molecule has 0 saturated carbocycles. The number of nitrogens with zero attached hydrogens (tertiary/aromatic N) is 1. The minimum absolute atomic E-state index is 0.0316. The fourth-order valence-electron chi connectivity index (χ4n) is 1.47. The number of rotatable bonds is 5. The maximum Gasteiger partial charge on any atom is 0.573 e. The molecule has 0 atom stereocenters. The Morgan fingerprint density at radius 3 is 2.52 bits per heavy atom. The zero-order valence-corrected chi connectivity index (χ0v) is 12.7. The van der Waals surface area contributed by atoms with Gasteiger partial charge in [-0.05, 0) is 29.5 Å². The molecule has 4 nitrogen and oxygen atoms in total. The normalized spacial score (nSPS) is 11.6.